The molecule has 0 aliphatic heterocycles. The fourth-order valence-corrected chi connectivity index (χ4v) is 8.03. The van der Waals surface area contributed by atoms with E-state index in [4.69, 9.17) is 15.0 Å². The highest BCUT2D eigenvalue weighted by Gasteiger charge is 2.45. The molecule has 43 heavy (non-hydrogen) atoms. The number of fused-ring (bicyclic) bond motifs is 2. The van der Waals surface area contributed by atoms with E-state index in [-0.39, 0.29) is 5.41 Å². The largest absolute Gasteiger partial charge is 0.208 e. The van der Waals surface area contributed by atoms with Gasteiger partial charge in [-0.3, -0.25) is 0 Å². The first-order valence-corrected chi connectivity index (χ1v) is 15.5. The molecule has 1 heterocycles. The maximum absolute atomic E-state index is 9.29. The fourth-order valence-electron chi connectivity index (χ4n) is 8.03. The van der Waals surface area contributed by atoms with Crippen molar-refractivity contribution in [1.82, 2.24) is 15.0 Å². The predicted octanol–water partition coefficient (Wildman–Crippen LogP) is 9.52. The molecular weight excluding hydrogens is 524 g/mol. The number of hydrogen-bond acceptors (Lipinski definition) is 4. The summed E-state index contributed by atoms with van der Waals surface area (Å²) in [5.41, 5.74) is 7.33. The van der Waals surface area contributed by atoms with E-state index >= 15 is 0 Å². The van der Waals surface area contributed by atoms with Gasteiger partial charge in [-0.1, -0.05) is 105 Å². The lowest BCUT2D eigenvalue weighted by Gasteiger charge is -2.50. The van der Waals surface area contributed by atoms with Crippen LogP contribution in [0.1, 0.15) is 57.1 Å². The van der Waals surface area contributed by atoms with Crippen molar-refractivity contribution < 1.29 is 0 Å². The smallest absolute Gasteiger partial charge is 0.164 e. The highest BCUT2D eigenvalue weighted by atomic mass is 15.0. The van der Waals surface area contributed by atoms with Gasteiger partial charge in [-0.25, -0.2) is 15.0 Å². The van der Waals surface area contributed by atoms with E-state index in [9.17, 15) is 5.26 Å². The summed E-state index contributed by atoms with van der Waals surface area (Å²) in [6.07, 6.45) is 6.65. The van der Waals surface area contributed by atoms with Gasteiger partial charge in [0.25, 0.3) is 0 Å². The van der Waals surface area contributed by atoms with E-state index in [0.717, 1.165) is 45.6 Å². The van der Waals surface area contributed by atoms with Gasteiger partial charge >= 0.3 is 0 Å². The van der Waals surface area contributed by atoms with Crippen LogP contribution in [0.3, 0.4) is 0 Å². The van der Waals surface area contributed by atoms with Gasteiger partial charge in [0.1, 0.15) is 0 Å². The van der Waals surface area contributed by atoms with E-state index in [2.05, 4.69) is 56.3 Å². The van der Waals surface area contributed by atoms with Crippen molar-refractivity contribution in [1.29, 1.82) is 5.26 Å². The molecule has 0 radical (unpaired) electrons. The average Bonchev–Trinajstić information content (AvgIpc) is 3.04. The minimum atomic E-state index is 0.290. The van der Waals surface area contributed by atoms with Gasteiger partial charge in [0.2, 0.25) is 0 Å². The molecule has 2 fully saturated rings. The lowest BCUT2D eigenvalue weighted by Crippen LogP contribution is -2.42. The lowest BCUT2D eigenvalue weighted by molar-refractivity contribution is 0.0780. The molecule has 0 N–H and O–H groups in total. The zero-order valence-corrected chi connectivity index (χ0v) is 24.9. The van der Waals surface area contributed by atoms with Crippen LogP contribution in [0.15, 0.2) is 103 Å². The summed E-state index contributed by atoms with van der Waals surface area (Å²) in [6, 6.07) is 37.3. The van der Waals surface area contributed by atoms with Crippen LogP contribution in [0.4, 0.5) is 0 Å². The van der Waals surface area contributed by atoms with Crippen molar-refractivity contribution in [3.05, 3.63) is 114 Å². The van der Waals surface area contributed by atoms with Crippen molar-refractivity contribution in [2.75, 3.05) is 0 Å². The molecule has 4 aromatic carbocycles. The Balaban J connectivity index is 1.31. The molecule has 5 aromatic rings. The molecule has 0 spiro atoms. The molecule has 2 bridgehead atoms. The van der Waals surface area contributed by atoms with Crippen LogP contribution in [0.25, 0.3) is 45.3 Å². The standard InChI is InChI=1S/C39H36N4/c1-26-20-29-21-27(2)23-39(22-26,24-29)33-18-16-32(17-19-33)37-41-36(31-8-4-3-5-9-31)42-38(43-37)35-11-7-6-10-34(35)30-14-12-28(25-40)13-15-30/h3-19,26-27,29H,20-24H2,1-2H3/t26-,27+,29?,39?. The number of nitrogens with zero attached hydrogens (tertiary/aromatic N) is 4. The maximum Gasteiger partial charge on any atom is 0.164 e. The summed E-state index contributed by atoms with van der Waals surface area (Å²) < 4.78 is 0. The minimum absolute atomic E-state index is 0.290. The highest BCUT2D eigenvalue weighted by Crippen LogP contribution is 2.54. The third kappa shape index (κ3) is 5.37. The zero-order chi connectivity index (χ0) is 29.4. The van der Waals surface area contributed by atoms with Crippen molar-refractivity contribution in [3.8, 4) is 51.4 Å². The average molecular weight is 561 g/mol. The fraction of sp³-hybridized carbons (Fsp3) is 0.282. The van der Waals surface area contributed by atoms with Crippen molar-refractivity contribution in [3.63, 3.8) is 0 Å². The summed E-state index contributed by atoms with van der Waals surface area (Å²) in [7, 11) is 0. The Morgan fingerprint density at radius 2 is 1.12 bits per heavy atom. The molecule has 2 unspecified atom stereocenters. The molecule has 4 heteroatoms. The molecule has 0 amide bonds. The quantitative estimate of drug-likeness (QED) is 0.215. The first-order valence-electron chi connectivity index (χ1n) is 15.5. The Bertz CT molecular complexity index is 1770. The summed E-state index contributed by atoms with van der Waals surface area (Å²) in [4.78, 5) is 15.1. The van der Waals surface area contributed by atoms with Gasteiger partial charge in [-0.15, -0.1) is 0 Å². The number of hydrogen-bond donors (Lipinski definition) is 0. The topological polar surface area (TPSA) is 62.5 Å². The number of aromatic nitrogens is 3. The Hall–Kier alpha value is -4.62. The molecule has 2 aliphatic rings. The number of benzene rings is 4. The molecular formula is C39H36N4. The van der Waals surface area contributed by atoms with Gasteiger partial charge < -0.3 is 0 Å². The van der Waals surface area contributed by atoms with Crippen LogP contribution in [-0.2, 0) is 5.41 Å². The SMILES string of the molecule is C[C@@H]1CC2C[C@H](C)CC(c3ccc(-c4nc(-c5ccccc5)nc(-c5ccccc5-c5ccc(C#N)cc5)n4)cc3)(C2)C1. The first-order chi connectivity index (χ1) is 21.0. The van der Waals surface area contributed by atoms with Gasteiger partial charge in [-0.2, -0.15) is 5.26 Å². The molecule has 0 saturated heterocycles. The van der Waals surface area contributed by atoms with Crippen LogP contribution in [0.5, 0.6) is 0 Å². The molecule has 212 valence electrons. The minimum Gasteiger partial charge on any atom is -0.208 e. The third-order valence-corrected chi connectivity index (χ3v) is 9.55. The molecule has 4 nitrogen and oxygen atoms in total. The van der Waals surface area contributed by atoms with E-state index in [0.29, 0.717) is 23.0 Å². The number of rotatable bonds is 5. The second kappa shape index (κ2) is 11.2. The van der Waals surface area contributed by atoms with Crippen molar-refractivity contribution in [2.45, 2.75) is 51.4 Å². The first kappa shape index (κ1) is 27.2. The summed E-state index contributed by atoms with van der Waals surface area (Å²) >= 11 is 0. The molecule has 1 aromatic heterocycles. The van der Waals surface area contributed by atoms with Gasteiger partial charge in [0, 0.05) is 16.7 Å². The highest BCUT2D eigenvalue weighted by molar-refractivity contribution is 5.82. The van der Waals surface area contributed by atoms with E-state index in [1.54, 1.807) is 0 Å². The molecule has 7 rings (SSSR count). The third-order valence-electron chi connectivity index (χ3n) is 9.55. The van der Waals surface area contributed by atoms with Crippen molar-refractivity contribution in [2.24, 2.45) is 17.8 Å². The normalized spacial score (nSPS) is 23.0. The molecule has 2 saturated carbocycles. The Labute approximate surface area is 254 Å². The Morgan fingerprint density at radius 3 is 1.74 bits per heavy atom. The molecule has 2 aliphatic carbocycles. The monoisotopic (exact) mass is 560 g/mol. The van der Waals surface area contributed by atoms with Crippen LogP contribution >= 0.6 is 0 Å². The second-order valence-corrected chi connectivity index (χ2v) is 12.9. The lowest BCUT2D eigenvalue weighted by atomic mass is 9.54. The summed E-state index contributed by atoms with van der Waals surface area (Å²) in [5.74, 6) is 4.38. The van der Waals surface area contributed by atoms with Crippen molar-refractivity contribution >= 4 is 0 Å². The second-order valence-electron chi connectivity index (χ2n) is 12.9. The Kier molecular flexibility index (Phi) is 7.11. The zero-order valence-electron chi connectivity index (χ0n) is 24.9. The van der Waals surface area contributed by atoms with E-state index in [1.165, 1.54) is 37.7 Å². The van der Waals surface area contributed by atoms with Crippen LogP contribution in [0.2, 0.25) is 0 Å². The van der Waals surface area contributed by atoms with Gasteiger partial charge in [0.15, 0.2) is 17.5 Å². The van der Waals surface area contributed by atoms with Crippen LogP contribution in [0, 0.1) is 29.1 Å². The number of nitriles is 1. The molecule has 4 atom stereocenters. The summed E-state index contributed by atoms with van der Waals surface area (Å²) in [6.45, 7) is 4.89. The van der Waals surface area contributed by atoms with E-state index < -0.39 is 0 Å². The predicted molar refractivity (Wildman–Crippen MR) is 173 cm³/mol. The summed E-state index contributed by atoms with van der Waals surface area (Å²) in [5, 5.41) is 9.29. The van der Waals surface area contributed by atoms with Crippen LogP contribution < -0.4 is 0 Å². The van der Waals surface area contributed by atoms with Crippen LogP contribution in [-0.4, -0.2) is 15.0 Å². The van der Waals surface area contributed by atoms with E-state index in [1.807, 2.05) is 66.7 Å². The maximum atomic E-state index is 9.29. The van der Waals surface area contributed by atoms with Gasteiger partial charge in [-0.05, 0) is 84.1 Å². The Morgan fingerprint density at radius 1 is 0.581 bits per heavy atom. The van der Waals surface area contributed by atoms with Gasteiger partial charge in [0.05, 0.1) is 11.6 Å².